The zero-order chi connectivity index (χ0) is 13.1. The third-order valence-electron chi connectivity index (χ3n) is 2.35. The molecule has 0 aliphatic carbocycles. The Kier molecular flexibility index (Phi) is 3.67. The Morgan fingerprint density at radius 2 is 1.89 bits per heavy atom. The van der Waals surface area contributed by atoms with E-state index in [0.717, 1.165) is 6.07 Å². The van der Waals surface area contributed by atoms with Crippen LogP contribution >= 0.6 is 11.6 Å². The van der Waals surface area contributed by atoms with Crippen molar-refractivity contribution < 1.29 is 13.5 Å². The molecule has 0 saturated carbocycles. The van der Waals surface area contributed by atoms with Gasteiger partial charge in [-0.05, 0) is 30.3 Å². The van der Waals surface area contributed by atoms with Crippen molar-refractivity contribution in [2.75, 3.05) is 5.73 Å². The molecule has 0 fully saturated rings. The molecule has 2 aromatic rings. The van der Waals surface area contributed by atoms with E-state index in [2.05, 4.69) is 0 Å². The maximum absolute atomic E-state index is 13.5. The van der Waals surface area contributed by atoms with Crippen LogP contribution in [-0.2, 0) is 6.61 Å². The highest BCUT2D eigenvalue weighted by Crippen LogP contribution is 2.26. The monoisotopic (exact) mass is 269 g/mol. The molecule has 0 saturated heterocycles. The smallest absolute Gasteiger partial charge is 0.138 e. The summed E-state index contributed by atoms with van der Waals surface area (Å²) in [6, 6.07) is 8.07. The molecule has 2 rings (SSSR count). The van der Waals surface area contributed by atoms with E-state index in [1.807, 2.05) is 0 Å². The van der Waals surface area contributed by atoms with Crippen LogP contribution in [0.4, 0.5) is 14.5 Å². The van der Waals surface area contributed by atoms with Crippen molar-refractivity contribution in [2.45, 2.75) is 6.61 Å². The summed E-state index contributed by atoms with van der Waals surface area (Å²) < 4.78 is 31.6. The quantitative estimate of drug-likeness (QED) is 0.861. The van der Waals surface area contributed by atoms with Gasteiger partial charge in [-0.25, -0.2) is 8.78 Å². The van der Waals surface area contributed by atoms with Crippen molar-refractivity contribution in [3.05, 3.63) is 58.6 Å². The summed E-state index contributed by atoms with van der Waals surface area (Å²) in [5.41, 5.74) is 6.13. The molecule has 0 aliphatic heterocycles. The summed E-state index contributed by atoms with van der Waals surface area (Å²) >= 11 is 5.78. The number of hydrogen-bond donors (Lipinski definition) is 1. The lowest BCUT2D eigenvalue weighted by Gasteiger charge is -2.09. The molecule has 0 atom stereocenters. The third-order valence-corrected chi connectivity index (χ3v) is 2.65. The van der Waals surface area contributed by atoms with Gasteiger partial charge < -0.3 is 10.5 Å². The Bertz CT molecular complexity index is 523. The van der Waals surface area contributed by atoms with Crippen LogP contribution in [-0.4, -0.2) is 0 Å². The number of rotatable bonds is 3. The van der Waals surface area contributed by atoms with Gasteiger partial charge in [0, 0.05) is 11.3 Å². The molecule has 18 heavy (non-hydrogen) atoms. The molecular weight excluding hydrogens is 260 g/mol. The lowest BCUT2D eigenvalue weighted by Crippen LogP contribution is -2.00. The highest BCUT2D eigenvalue weighted by atomic mass is 35.5. The van der Waals surface area contributed by atoms with E-state index in [4.69, 9.17) is 22.1 Å². The van der Waals surface area contributed by atoms with Crippen molar-refractivity contribution >= 4 is 17.3 Å². The van der Waals surface area contributed by atoms with Crippen LogP contribution in [0.1, 0.15) is 5.56 Å². The molecule has 2 aromatic carbocycles. The van der Waals surface area contributed by atoms with Gasteiger partial charge in [0.25, 0.3) is 0 Å². The number of nitrogens with two attached hydrogens (primary N) is 1. The highest BCUT2D eigenvalue weighted by Gasteiger charge is 2.06. The number of nitrogen functional groups attached to an aromatic ring is 1. The summed E-state index contributed by atoms with van der Waals surface area (Å²) in [6.07, 6.45) is 0. The van der Waals surface area contributed by atoms with Gasteiger partial charge >= 0.3 is 0 Å². The molecule has 0 aromatic heterocycles. The molecule has 0 heterocycles. The first-order valence-corrected chi connectivity index (χ1v) is 5.56. The van der Waals surface area contributed by atoms with Crippen LogP contribution in [0.15, 0.2) is 36.4 Å². The first-order valence-electron chi connectivity index (χ1n) is 5.18. The molecule has 94 valence electrons. The fourth-order valence-corrected chi connectivity index (χ4v) is 1.65. The minimum Gasteiger partial charge on any atom is -0.487 e. The minimum atomic E-state index is -0.453. The van der Waals surface area contributed by atoms with Gasteiger partial charge in [0.15, 0.2) is 0 Å². The van der Waals surface area contributed by atoms with E-state index >= 15 is 0 Å². The van der Waals surface area contributed by atoms with Crippen LogP contribution in [0.3, 0.4) is 0 Å². The van der Waals surface area contributed by atoms with Gasteiger partial charge in [0.1, 0.15) is 24.0 Å². The van der Waals surface area contributed by atoms with Crippen LogP contribution in [0, 0.1) is 11.6 Å². The van der Waals surface area contributed by atoms with Crippen LogP contribution in [0.25, 0.3) is 0 Å². The standard InChI is InChI=1S/C13H10ClF2NO/c14-11-5-9(15)2-4-13(11)18-7-8-1-3-10(17)6-12(8)16/h1-6H,7,17H2. The summed E-state index contributed by atoms with van der Waals surface area (Å²) in [6.45, 7) is -0.00251. The minimum absolute atomic E-state index is 0.00251. The number of benzene rings is 2. The first kappa shape index (κ1) is 12.6. The molecular formula is C13H10ClF2NO. The number of ether oxygens (including phenoxy) is 1. The second-order valence-electron chi connectivity index (χ2n) is 3.71. The van der Waals surface area contributed by atoms with E-state index in [1.165, 1.54) is 24.3 Å². The van der Waals surface area contributed by atoms with E-state index in [9.17, 15) is 8.78 Å². The van der Waals surface area contributed by atoms with Crippen molar-refractivity contribution in [2.24, 2.45) is 0 Å². The number of anilines is 1. The third kappa shape index (κ3) is 2.90. The van der Waals surface area contributed by atoms with Crippen LogP contribution < -0.4 is 10.5 Å². The highest BCUT2D eigenvalue weighted by molar-refractivity contribution is 6.32. The van der Waals surface area contributed by atoms with Crippen molar-refractivity contribution in [3.63, 3.8) is 0 Å². The fraction of sp³-hybridized carbons (Fsp3) is 0.0769. The Hall–Kier alpha value is -1.81. The van der Waals surface area contributed by atoms with Gasteiger partial charge in [0.2, 0.25) is 0 Å². The summed E-state index contributed by atoms with van der Waals surface area (Å²) in [5, 5.41) is 0.144. The normalized spacial score (nSPS) is 10.4. The average Bonchev–Trinajstić information content (AvgIpc) is 2.30. The van der Waals surface area contributed by atoms with Gasteiger partial charge in [-0.2, -0.15) is 0 Å². The molecule has 2 nitrogen and oxygen atoms in total. The van der Waals surface area contributed by atoms with E-state index < -0.39 is 11.6 Å². The van der Waals surface area contributed by atoms with Crippen molar-refractivity contribution in [1.29, 1.82) is 0 Å². The molecule has 0 spiro atoms. The van der Waals surface area contributed by atoms with Crippen LogP contribution in [0.5, 0.6) is 5.75 Å². The van der Waals surface area contributed by atoms with Crippen molar-refractivity contribution in [1.82, 2.24) is 0 Å². The molecule has 0 bridgehead atoms. The van der Waals surface area contributed by atoms with Gasteiger partial charge in [-0.3, -0.25) is 0 Å². The molecule has 0 amide bonds. The first-order chi connectivity index (χ1) is 8.56. The zero-order valence-corrected chi connectivity index (χ0v) is 10.0. The van der Waals surface area contributed by atoms with Gasteiger partial charge in [-0.15, -0.1) is 0 Å². The molecule has 0 aliphatic rings. The van der Waals surface area contributed by atoms with Gasteiger partial charge in [-0.1, -0.05) is 17.7 Å². The summed E-state index contributed by atoms with van der Waals surface area (Å²) in [7, 11) is 0. The predicted molar refractivity (Wildman–Crippen MR) is 66.6 cm³/mol. The topological polar surface area (TPSA) is 35.2 Å². The Balaban J connectivity index is 2.11. The Morgan fingerprint density at radius 1 is 1.11 bits per heavy atom. The fourth-order valence-electron chi connectivity index (χ4n) is 1.43. The second-order valence-corrected chi connectivity index (χ2v) is 4.12. The lowest BCUT2D eigenvalue weighted by atomic mass is 10.2. The predicted octanol–water partition coefficient (Wildman–Crippen LogP) is 3.78. The molecule has 0 radical (unpaired) electrons. The molecule has 5 heteroatoms. The van der Waals surface area contributed by atoms with Crippen LogP contribution in [0.2, 0.25) is 5.02 Å². The maximum atomic E-state index is 13.5. The number of hydrogen-bond acceptors (Lipinski definition) is 2. The molecule has 0 unspecified atom stereocenters. The lowest BCUT2D eigenvalue weighted by molar-refractivity contribution is 0.299. The Morgan fingerprint density at radius 3 is 2.56 bits per heavy atom. The average molecular weight is 270 g/mol. The van der Waals surface area contributed by atoms with Gasteiger partial charge in [0.05, 0.1) is 5.02 Å². The summed E-state index contributed by atoms with van der Waals surface area (Å²) in [5.74, 6) is -0.603. The van der Waals surface area contributed by atoms with E-state index in [-0.39, 0.29) is 11.6 Å². The van der Waals surface area contributed by atoms with E-state index in [0.29, 0.717) is 17.0 Å². The van der Waals surface area contributed by atoms with E-state index in [1.54, 1.807) is 6.07 Å². The number of halogens is 3. The zero-order valence-electron chi connectivity index (χ0n) is 9.29. The Labute approximate surface area is 108 Å². The maximum Gasteiger partial charge on any atom is 0.138 e. The largest absolute Gasteiger partial charge is 0.487 e. The van der Waals surface area contributed by atoms with Crippen molar-refractivity contribution in [3.8, 4) is 5.75 Å². The summed E-state index contributed by atoms with van der Waals surface area (Å²) in [4.78, 5) is 0. The second kappa shape index (κ2) is 5.23. The SMILES string of the molecule is Nc1ccc(COc2ccc(F)cc2Cl)c(F)c1. The molecule has 2 N–H and O–H groups in total.